The number of rotatable bonds is 3. The standard InChI is InChI=1S/C11H11BrN4O/c1-13-10(17)6-15-8-2-3-14-9-4-7(12)5-16-11(8)9/h2-5H,6H2,1H3,(H,13,17)(H,14,15). The zero-order valence-corrected chi connectivity index (χ0v) is 10.8. The monoisotopic (exact) mass is 294 g/mol. The average molecular weight is 295 g/mol. The molecule has 0 radical (unpaired) electrons. The van der Waals surface area contributed by atoms with Gasteiger partial charge in [-0.05, 0) is 28.1 Å². The summed E-state index contributed by atoms with van der Waals surface area (Å²) in [6.07, 6.45) is 3.39. The molecule has 0 aliphatic carbocycles. The zero-order valence-electron chi connectivity index (χ0n) is 9.20. The van der Waals surface area contributed by atoms with Crippen LogP contribution in [0.25, 0.3) is 11.0 Å². The van der Waals surface area contributed by atoms with Crippen molar-refractivity contribution in [1.82, 2.24) is 15.3 Å². The summed E-state index contributed by atoms with van der Waals surface area (Å²) in [6, 6.07) is 3.68. The van der Waals surface area contributed by atoms with Crippen LogP contribution in [0.3, 0.4) is 0 Å². The van der Waals surface area contributed by atoms with Crippen molar-refractivity contribution in [3.63, 3.8) is 0 Å². The van der Waals surface area contributed by atoms with E-state index in [0.29, 0.717) is 0 Å². The lowest BCUT2D eigenvalue weighted by Crippen LogP contribution is -2.26. The summed E-state index contributed by atoms with van der Waals surface area (Å²) in [5.74, 6) is -0.0768. The summed E-state index contributed by atoms with van der Waals surface area (Å²) < 4.78 is 0.876. The van der Waals surface area contributed by atoms with Crippen LogP contribution in [0, 0.1) is 0 Å². The number of pyridine rings is 2. The molecular formula is C11H11BrN4O. The molecular weight excluding hydrogens is 284 g/mol. The van der Waals surface area contributed by atoms with Gasteiger partial charge in [0.25, 0.3) is 0 Å². The second kappa shape index (κ2) is 5.09. The van der Waals surface area contributed by atoms with Crippen molar-refractivity contribution >= 4 is 38.6 Å². The van der Waals surface area contributed by atoms with Gasteiger partial charge in [-0.1, -0.05) is 0 Å². The predicted molar refractivity (Wildman–Crippen MR) is 69.8 cm³/mol. The number of anilines is 1. The number of nitrogens with zero attached hydrogens (tertiary/aromatic N) is 2. The maximum Gasteiger partial charge on any atom is 0.239 e. The highest BCUT2D eigenvalue weighted by Gasteiger charge is 2.05. The van der Waals surface area contributed by atoms with Crippen molar-refractivity contribution in [2.75, 3.05) is 18.9 Å². The fourth-order valence-electron chi connectivity index (χ4n) is 1.41. The largest absolute Gasteiger partial charge is 0.374 e. The number of carbonyl (C=O) groups is 1. The van der Waals surface area contributed by atoms with Crippen molar-refractivity contribution < 1.29 is 4.79 Å². The Morgan fingerprint density at radius 1 is 1.47 bits per heavy atom. The normalized spacial score (nSPS) is 10.2. The van der Waals surface area contributed by atoms with Crippen LogP contribution in [0.4, 0.5) is 5.69 Å². The molecule has 2 aromatic heterocycles. The van der Waals surface area contributed by atoms with Crippen LogP contribution in [0.15, 0.2) is 29.0 Å². The molecule has 0 atom stereocenters. The number of hydrogen-bond donors (Lipinski definition) is 2. The highest BCUT2D eigenvalue weighted by Crippen LogP contribution is 2.21. The van der Waals surface area contributed by atoms with Gasteiger partial charge >= 0.3 is 0 Å². The van der Waals surface area contributed by atoms with Gasteiger partial charge in [-0.25, -0.2) is 0 Å². The third-order valence-corrected chi connectivity index (χ3v) is 2.70. The van der Waals surface area contributed by atoms with Gasteiger partial charge in [-0.15, -0.1) is 0 Å². The SMILES string of the molecule is CNC(=O)CNc1ccnc2cc(Br)cnc12. The molecule has 5 nitrogen and oxygen atoms in total. The molecule has 0 spiro atoms. The second-order valence-corrected chi connectivity index (χ2v) is 4.32. The van der Waals surface area contributed by atoms with Gasteiger partial charge in [-0.3, -0.25) is 14.8 Å². The second-order valence-electron chi connectivity index (χ2n) is 3.41. The number of aromatic nitrogens is 2. The maximum atomic E-state index is 11.2. The highest BCUT2D eigenvalue weighted by atomic mass is 79.9. The Morgan fingerprint density at radius 2 is 2.29 bits per heavy atom. The first-order valence-corrected chi connectivity index (χ1v) is 5.84. The molecule has 0 unspecified atom stereocenters. The van der Waals surface area contributed by atoms with E-state index in [0.717, 1.165) is 21.2 Å². The third kappa shape index (κ3) is 2.71. The molecule has 2 aromatic rings. The fraction of sp³-hybridized carbons (Fsp3) is 0.182. The van der Waals surface area contributed by atoms with Crippen molar-refractivity contribution in [2.45, 2.75) is 0 Å². The summed E-state index contributed by atoms with van der Waals surface area (Å²) in [5.41, 5.74) is 2.33. The Labute approximate surface area is 107 Å². The molecule has 2 rings (SSSR count). The summed E-state index contributed by atoms with van der Waals surface area (Å²) in [7, 11) is 1.60. The van der Waals surface area contributed by atoms with Gasteiger partial charge < -0.3 is 10.6 Å². The van der Waals surface area contributed by atoms with Crippen LogP contribution in [-0.2, 0) is 4.79 Å². The van der Waals surface area contributed by atoms with Crippen LogP contribution >= 0.6 is 15.9 Å². The number of nitrogens with one attached hydrogen (secondary N) is 2. The number of carbonyl (C=O) groups excluding carboxylic acids is 1. The molecule has 0 bridgehead atoms. The fourth-order valence-corrected chi connectivity index (χ4v) is 1.73. The van der Waals surface area contributed by atoms with E-state index >= 15 is 0 Å². The van der Waals surface area contributed by atoms with Gasteiger partial charge in [-0.2, -0.15) is 0 Å². The summed E-state index contributed by atoms with van der Waals surface area (Å²) in [4.78, 5) is 19.7. The van der Waals surface area contributed by atoms with Gasteiger partial charge in [0.2, 0.25) is 5.91 Å². The minimum absolute atomic E-state index is 0.0768. The molecule has 88 valence electrons. The van der Waals surface area contributed by atoms with Crippen LogP contribution in [0.5, 0.6) is 0 Å². The van der Waals surface area contributed by atoms with Crippen LogP contribution in [-0.4, -0.2) is 29.5 Å². The first-order valence-electron chi connectivity index (χ1n) is 5.05. The first kappa shape index (κ1) is 11.8. The predicted octanol–water partition coefficient (Wildman–Crippen LogP) is 1.55. The zero-order chi connectivity index (χ0) is 12.3. The van der Waals surface area contributed by atoms with Crippen LogP contribution in [0.2, 0.25) is 0 Å². The molecule has 0 aliphatic heterocycles. The van der Waals surface area contributed by atoms with E-state index in [2.05, 4.69) is 36.5 Å². The molecule has 6 heteroatoms. The van der Waals surface area contributed by atoms with E-state index in [9.17, 15) is 4.79 Å². The van der Waals surface area contributed by atoms with Crippen LogP contribution < -0.4 is 10.6 Å². The maximum absolute atomic E-state index is 11.2. The first-order chi connectivity index (χ1) is 8.20. The van der Waals surface area contributed by atoms with E-state index in [1.165, 1.54) is 0 Å². The van der Waals surface area contributed by atoms with Gasteiger partial charge in [0.05, 0.1) is 17.7 Å². The van der Waals surface area contributed by atoms with E-state index in [-0.39, 0.29) is 12.5 Å². The number of fused-ring (bicyclic) bond motifs is 1. The topological polar surface area (TPSA) is 66.9 Å². The number of hydrogen-bond acceptors (Lipinski definition) is 4. The molecule has 1 amide bonds. The lowest BCUT2D eigenvalue weighted by molar-refractivity contribution is -0.118. The Kier molecular flexibility index (Phi) is 3.53. The van der Waals surface area contributed by atoms with Gasteiger partial charge in [0.15, 0.2) is 0 Å². The number of amides is 1. The lowest BCUT2D eigenvalue weighted by Gasteiger charge is -2.07. The molecule has 0 fully saturated rings. The molecule has 0 saturated carbocycles. The minimum atomic E-state index is -0.0768. The molecule has 0 aliphatic rings. The Morgan fingerprint density at radius 3 is 3.06 bits per heavy atom. The quantitative estimate of drug-likeness (QED) is 0.901. The summed E-state index contributed by atoms with van der Waals surface area (Å²) >= 11 is 3.34. The Hall–Kier alpha value is -1.69. The molecule has 0 saturated heterocycles. The number of halogens is 1. The van der Waals surface area contributed by atoms with E-state index in [4.69, 9.17) is 0 Å². The Bertz CT molecular complexity index is 558. The van der Waals surface area contributed by atoms with Gasteiger partial charge in [0, 0.05) is 23.9 Å². The third-order valence-electron chi connectivity index (χ3n) is 2.26. The van der Waals surface area contributed by atoms with Crippen molar-refractivity contribution in [3.8, 4) is 0 Å². The molecule has 2 N–H and O–H groups in total. The highest BCUT2D eigenvalue weighted by molar-refractivity contribution is 9.10. The minimum Gasteiger partial charge on any atom is -0.374 e. The summed E-state index contributed by atoms with van der Waals surface area (Å²) in [6.45, 7) is 0.216. The Balaban J connectivity index is 2.31. The molecule has 17 heavy (non-hydrogen) atoms. The molecule has 2 heterocycles. The van der Waals surface area contributed by atoms with Crippen molar-refractivity contribution in [1.29, 1.82) is 0 Å². The van der Waals surface area contributed by atoms with Gasteiger partial charge in [0.1, 0.15) is 5.52 Å². The lowest BCUT2D eigenvalue weighted by atomic mass is 10.3. The van der Waals surface area contributed by atoms with Crippen LogP contribution in [0.1, 0.15) is 0 Å². The number of likely N-dealkylation sites (N-methyl/N-ethyl adjacent to an activating group) is 1. The summed E-state index contributed by atoms with van der Waals surface area (Å²) in [5, 5.41) is 5.58. The van der Waals surface area contributed by atoms with Crippen molar-refractivity contribution in [3.05, 3.63) is 29.0 Å². The van der Waals surface area contributed by atoms with E-state index in [1.54, 1.807) is 25.5 Å². The van der Waals surface area contributed by atoms with Crippen molar-refractivity contribution in [2.24, 2.45) is 0 Å². The molecule has 0 aromatic carbocycles. The van der Waals surface area contributed by atoms with E-state index in [1.807, 2.05) is 6.07 Å². The average Bonchev–Trinajstić information content (AvgIpc) is 2.35. The smallest absolute Gasteiger partial charge is 0.239 e. The van der Waals surface area contributed by atoms with E-state index < -0.39 is 0 Å².